The molecule has 0 amide bonds. The number of methoxy groups -OCH3 is 1. The van der Waals surface area contributed by atoms with Crippen molar-refractivity contribution < 1.29 is 14.6 Å². The van der Waals surface area contributed by atoms with E-state index >= 15 is 0 Å². The van der Waals surface area contributed by atoms with Crippen LogP contribution in [0.25, 0.3) is 0 Å². The standard InChI is InChI=1S/C11H23NO3/c1-3-10(8-14-2)12-6-11(13)9-4-5-15-7-9/h9-13H,3-8H2,1-2H3. The van der Waals surface area contributed by atoms with Gasteiger partial charge in [-0.05, 0) is 12.8 Å². The normalized spacial score (nSPS) is 25.4. The van der Waals surface area contributed by atoms with Crippen LogP contribution in [0.15, 0.2) is 0 Å². The molecule has 3 unspecified atom stereocenters. The van der Waals surface area contributed by atoms with Crippen molar-refractivity contribution in [3.8, 4) is 0 Å². The molecule has 4 nitrogen and oxygen atoms in total. The van der Waals surface area contributed by atoms with Crippen molar-refractivity contribution in [1.29, 1.82) is 0 Å². The predicted octanol–water partition coefficient (Wildman–Crippen LogP) is 0.398. The molecule has 1 rings (SSSR count). The number of nitrogens with one attached hydrogen (secondary N) is 1. The van der Waals surface area contributed by atoms with Gasteiger partial charge in [0.15, 0.2) is 0 Å². The second-order valence-electron chi connectivity index (χ2n) is 4.16. The fourth-order valence-corrected chi connectivity index (χ4v) is 1.83. The Morgan fingerprint density at radius 3 is 2.93 bits per heavy atom. The van der Waals surface area contributed by atoms with Crippen LogP contribution in [0.2, 0.25) is 0 Å². The van der Waals surface area contributed by atoms with Gasteiger partial charge >= 0.3 is 0 Å². The summed E-state index contributed by atoms with van der Waals surface area (Å²) in [5.74, 6) is 0.303. The summed E-state index contributed by atoms with van der Waals surface area (Å²) in [6.45, 7) is 4.93. The molecule has 1 aliphatic rings. The van der Waals surface area contributed by atoms with Crippen LogP contribution in [0.5, 0.6) is 0 Å². The van der Waals surface area contributed by atoms with Crippen LogP contribution in [-0.4, -0.2) is 50.7 Å². The third-order valence-electron chi connectivity index (χ3n) is 2.99. The van der Waals surface area contributed by atoms with E-state index in [1.54, 1.807) is 7.11 Å². The van der Waals surface area contributed by atoms with Gasteiger partial charge in [0, 0.05) is 32.2 Å². The SMILES string of the molecule is CCC(COC)NCC(O)C1CCOC1. The van der Waals surface area contributed by atoms with Gasteiger partial charge in [-0.1, -0.05) is 6.92 Å². The lowest BCUT2D eigenvalue weighted by atomic mass is 10.0. The highest BCUT2D eigenvalue weighted by molar-refractivity contribution is 4.76. The first-order valence-corrected chi connectivity index (χ1v) is 5.76. The minimum atomic E-state index is -0.293. The van der Waals surface area contributed by atoms with E-state index in [0.29, 0.717) is 31.7 Å². The van der Waals surface area contributed by atoms with E-state index in [2.05, 4.69) is 12.2 Å². The highest BCUT2D eigenvalue weighted by Gasteiger charge is 2.24. The molecule has 0 radical (unpaired) electrons. The summed E-state index contributed by atoms with van der Waals surface area (Å²) in [5.41, 5.74) is 0. The van der Waals surface area contributed by atoms with Crippen LogP contribution < -0.4 is 5.32 Å². The van der Waals surface area contributed by atoms with E-state index in [1.165, 1.54) is 0 Å². The molecule has 15 heavy (non-hydrogen) atoms. The zero-order valence-corrected chi connectivity index (χ0v) is 9.74. The van der Waals surface area contributed by atoms with Crippen molar-refractivity contribution >= 4 is 0 Å². The second kappa shape index (κ2) is 7.17. The molecule has 0 aromatic rings. The molecule has 0 aromatic carbocycles. The summed E-state index contributed by atoms with van der Waals surface area (Å²) in [4.78, 5) is 0. The molecule has 2 N–H and O–H groups in total. The Bertz CT molecular complexity index is 160. The van der Waals surface area contributed by atoms with Gasteiger partial charge in [-0.3, -0.25) is 0 Å². The van der Waals surface area contributed by atoms with Crippen LogP contribution in [0, 0.1) is 5.92 Å². The average molecular weight is 217 g/mol. The van der Waals surface area contributed by atoms with Gasteiger partial charge in [-0.25, -0.2) is 0 Å². The first-order valence-electron chi connectivity index (χ1n) is 5.76. The minimum Gasteiger partial charge on any atom is -0.391 e. The predicted molar refractivity (Wildman–Crippen MR) is 58.9 cm³/mol. The van der Waals surface area contributed by atoms with Gasteiger partial charge in [-0.15, -0.1) is 0 Å². The molecule has 0 bridgehead atoms. The zero-order chi connectivity index (χ0) is 11.1. The summed E-state index contributed by atoms with van der Waals surface area (Å²) in [6, 6.07) is 0.340. The quantitative estimate of drug-likeness (QED) is 0.648. The van der Waals surface area contributed by atoms with Crippen molar-refractivity contribution in [1.82, 2.24) is 5.32 Å². The zero-order valence-electron chi connectivity index (χ0n) is 9.74. The Labute approximate surface area is 92.0 Å². The summed E-state index contributed by atoms with van der Waals surface area (Å²) in [5, 5.41) is 13.2. The maximum Gasteiger partial charge on any atom is 0.0715 e. The molecular weight excluding hydrogens is 194 g/mol. The Kier molecular flexibility index (Phi) is 6.17. The van der Waals surface area contributed by atoms with E-state index < -0.39 is 0 Å². The molecule has 1 fully saturated rings. The lowest BCUT2D eigenvalue weighted by Crippen LogP contribution is -2.40. The molecule has 1 aliphatic heterocycles. The number of rotatable bonds is 7. The summed E-state index contributed by atoms with van der Waals surface area (Å²) < 4.78 is 10.3. The van der Waals surface area contributed by atoms with E-state index in [9.17, 15) is 5.11 Å². The first-order chi connectivity index (χ1) is 7.27. The minimum absolute atomic E-state index is 0.293. The molecule has 4 heteroatoms. The maximum atomic E-state index is 9.88. The van der Waals surface area contributed by atoms with Crippen molar-refractivity contribution in [2.45, 2.75) is 31.9 Å². The molecular formula is C11H23NO3. The van der Waals surface area contributed by atoms with Gasteiger partial charge in [0.05, 0.1) is 19.3 Å². The van der Waals surface area contributed by atoms with Crippen LogP contribution in [0.1, 0.15) is 19.8 Å². The van der Waals surface area contributed by atoms with E-state index in [1.807, 2.05) is 0 Å². The third kappa shape index (κ3) is 4.47. The highest BCUT2D eigenvalue weighted by atomic mass is 16.5. The van der Waals surface area contributed by atoms with Crippen molar-refractivity contribution in [3.05, 3.63) is 0 Å². The fourth-order valence-electron chi connectivity index (χ4n) is 1.83. The molecule has 0 aromatic heterocycles. The van der Waals surface area contributed by atoms with Crippen molar-refractivity contribution in [3.63, 3.8) is 0 Å². The van der Waals surface area contributed by atoms with Crippen LogP contribution in [0.3, 0.4) is 0 Å². The van der Waals surface area contributed by atoms with Crippen LogP contribution >= 0.6 is 0 Å². The molecule has 3 atom stereocenters. The Balaban J connectivity index is 2.16. The van der Waals surface area contributed by atoms with Gasteiger partial charge in [0.2, 0.25) is 0 Å². The summed E-state index contributed by atoms with van der Waals surface area (Å²) >= 11 is 0. The summed E-state index contributed by atoms with van der Waals surface area (Å²) in [6.07, 6.45) is 1.70. The van der Waals surface area contributed by atoms with Gasteiger partial charge in [-0.2, -0.15) is 0 Å². The van der Waals surface area contributed by atoms with Crippen molar-refractivity contribution in [2.24, 2.45) is 5.92 Å². The number of ether oxygens (including phenoxy) is 2. The van der Waals surface area contributed by atoms with Crippen LogP contribution in [0.4, 0.5) is 0 Å². The highest BCUT2D eigenvalue weighted by Crippen LogP contribution is 2.16. The molecule has 90 valence electrons. The first kappa shape index (κ1) is 12.9. The Morgan fingerprint density at radius 1 is 1.60 bits per heavy atom. The Hall–Kier alpha value is -0.160. The second-order valence-corrected chi connectivity index (χ2v) is 4.16. The fraction of sp³-hybridized carbons (Fsp3) is 1.00. The number of aliphatic hydroxyl groups is 1. The molecule has 0 spiro atoms. The van der Waals surface area contributed by atoms with E-state index in [0.717, 1.165) is 19.4 Å². The number of hydrogen-bond donors (Lipinski definition) is 2. The smallest absolute Gasteiger partial charge is 0.0715 e. The Morgan fingerprint density at radius 2 is 2.40 bits per heavy atom. The van der Waals surface area contributed by atoms with Gasteiger partial charge in [0.25, 0.3) is 0 Å². The number of aliphatic hydroxyl groups excluding tert-OH is 1. The lowest BCUT2D eigenvalue weighted by molar-refractivity contribution is 0.0823. The lowest BCUT2D eigenvalue weighted by Gasteiger charge is -2.21. The van der Waals surface area contributed by atoms with Gasteiger partial charge < -0.3 is 19.9 Å². The molecule has 1 saturated heterocycles. The average Bonchev–Trinajstić information content (AvgIpc) is 2.77. The molecule has 0 aliphatic carbocycles. The summed E-state index contributed by atoms with van der Waals surface area (Å²) in [7, 11) is 1.70. The van der Waals surface area contributed by atoms with E-state index in [4.69, 9.17) is 9.47 Å². The molecule has 0 saturated carbocycles. The van der Waals surface area contributed by atoms with Gasteiger partial charge in [0.1, 0.15) is 0 Å². The van der Waals surface area contributed by atoms with E-state index in [-0.39, 0.29) is 6.10 Å². The van der Waals surface area contributed by atoms with Crippen molar-refractivity contribution in [2.75, 3.05) is 33.5 Å². The monoisotopic (exact) mass is 217 g/mol. The number of hydrogen-bond acceptors (Lipinski definition) is 4. The maximum absolute atomic E-state index is 9.88. The third-order valence-corrected chi connectivity index (χ3v) is 2.99. The largest absolute Gasteiger partial charge is 0.391 e. The van der Waals surface area contributed by atoms with Crippen LogP contribution in [-0.2, 0) is 9.47 Å². The molecule has 1 heterocycles. The topological polar surface area (TPSA) is 50.7 Å².